The number of aromatic amines is 1. The fourth-order valence-electron chi connectivity index (χ4n) is 3.05. The largest absolute Gasteiger partial charge is 0.280 e. The highest BCUT2D eigenvalue weighted by molar-refractivity contribution is 7.92. The van der Waals surface area contributed by atoms with Gasteiger partial charge in [0.15, 0.2) is 11.6 Å². The summed E-state index contributed by atoms with van der Waals surface area (Å²) in [5, 5.41) is 3.13. The van der Waals surface area contributed by atoms with Crippen LogP contribution in [0, 0.1) is 11.6 Å². The molecule has 30 heavy (non-hydrogen) atoms. The van der Waals surface area contributed by atoms with Gasteiger partial charge in [-0.05, 0) is 54.1 Å². The van der Waals surface area contributed by atoms with Crippen molar-refractivity contribution in [2.45, 2.75) is 11.4 Å². The van der Waals surface area contributed by atoms with E-state index in [-0.39, 0.29) is 27.5 Å². The SMILES string of the molecule is O=c1[nH]n(Cc2ccc(F)c(F)c2)c2ccc(NS(=O)(=O)c3cccc(Cl)c3)cc12. The Morgan fingerprint density at radius 2 is 1.80 bits per heavy atom. The summed E-state index contributed by atoms with van der Waals surface area (Å²) in [7, 11) is -3.90. The fourth-order valence-corrected chi connectivity index (χ4v) is 4.40. The predicted octanol–water partition coefficient (Wildman–Crippen LogP) is 4.11. The zero-order valence-electron chi connectivity index (χ0n) is 15.2. The molecule has 0 aliphatic heterocycles. The second kappa shape index (κ2) is 7.58. The summed E-state index contributed by atoms with van der Waals surface area (Å²) in [5.74, 6) is -1.94. The smallest absolute Gasteiger partial charge is 0.272 e. The van der Waals surface area contributed by atoms with Gasteiger partial charge < -0.3 is 0 Å². The van der Waals surface area contributed by atoms with Crippen molar-refractivity contribution in [1.29, 1.82) is 0 Å². The molecule has 1 aromatic heterocycles. The van der Waals surface area contributed by atoms with Crippen LogP contribution in [0.4, 0.5) is 14.5 Å². The van der Waals surface area contributed by atoms with E-state index in [4.69, 9.17) is 11.6 Å². The molecular weight excluding hydrogens is 436 g/mol. The fraction of sp³-hybridized carbons (Fsp3) is 0.0500. The molecule has 4 rings (SSSR count). The van der Waals surface area contributed by atoms with Gasteiger partial charge in [0.25, 0.3) is 15.6 Å². The molecule has 0 unspecified atom stereocenters. The minimum atomic E-state index is -3.90. The van der Waals surface area contributed by atoms with Crippen LogP contribution < -0.4 is 10.3 Å². The summed E-state index contributed by atoms with van der Waals surface area (Å²) >= 11 is 5.86. The zero-order valence-corrected chi connectivity index (χ0v) is 16.8. The van der Waals surface area contributed by atoms with Crippen molar-refractivity contribution in [3.63, 3.8) is 0 Å². The summed E-state index contributed by atoms with van der Waals surface area (Å²) in [4.78, 5) is 12.3. The lowest BCUT2D eigenvalue weighted by atomic mass is 10.2. The Bertz CT molecular complexity index is 1430. The van der Waals surface area contributed by atoms with Crippen LogP contribution in [-0.4, -0.2) is 18.2 Å². The maximum absolute atomic E-state index is 13.4. The van der Waals surface area contributed by atoms with Gasteiger partial charge in [0.2, 0.25) is 0 Å². The van der Waals surface area contributed by atoms with Crippen molar-refractivity contribution in [2.75, 3.05) is 4.72 Å². The van der Waals surface area contributed by atoms with Crippen molar-refractivity contribution in [3.8, 4) is 0 Å². The number of benzene rings is 3. The van der Waals surface area contributed by atoms with E-state index in [0.29, 0.717) is 11.1 Å². The molecule has 0 fully saturated rings. The van der Waals surface area contributed by atoms with E-state index in [9.17, 15) is 22.0 Å². The molecule has 154 valence electrons. The number of halogens is 3. The molecule has 10 heteroatoms. The van der Waals surface area contributed by atoms with Crippen molar-refractivity contribution in [3.05, 3.63) is 93.2 Å². The van der Waals surface area contributed by atoms with Crippen LogP contribution in [0.25, 0.3) is 10.9 Å². The molecule has 2 N–H and O–H groups in total. The van der Waals surface area contributed by atoms with Gasteiger partial charge in [-0.1, -0.05) is 23.7 Å². The number of hydrogen-bond donors (Lipinski definition) is 2. The number of rotatable bonds is 5. The minimum Gasteiger partial charge on any atom is -0.280 e. The third-order valence-electron chi connectivity index (χ3n) is 4.45. The number of fused-ring (bicyclic) bond motifs is 1. The van der Waals surface area contributed by atoms with Crippen LogP contribution in [0.15, 0.2) is 70.4 Å². The summed E-state index contributed by atoms with van der Waals surface area (Å²) in [5.41, 5.74) is 0.679. The molecule has 0 saturated heterocycles. The molecule has 0 bridgehead atoms. The van der Waals surface area contributed by atoms with Crippen LogP contribution in [0.1, 0.15) is 5.56 Å². The second-order valence-electron chi connectivity index (χ2n) is 6.57. The Hall–Kier alpha value is -3.17. The Morgan fingerprint density at radius 1 is 1.00 bits per heavy atom. The molecule has 0 atom stereocenters. The van der Waals surface area contributed by atoms with Gasteiger partial charge in [-0.2, -0.15) is 0 Å². The Labute approximate surface area is 174 Å². The standard InChI is InChI=1S/C20H14ClF2N3O3S/c21-13-2-1-3-15(9-13)30(28,29)25-14-5-7-19-16(10-14)20(27)24-26(19)11-12-4-6-17(22)18(23)8-12/h1-10,25H,11H2,(H,24,27). The minimum absolute atomic E-state index is 0.0140. The van der Waals surface area contributed by atoms with Gasteiger partial charge in [0.1, 0.15) is 0 Å². The van der Waals surface area contributed by atoms with Crippen molar-refractivity contribution in [1.82, 2.24) is 9.78 Å². The van der Waals surface area contributed by atoms with E-state index < -0.39 is 27.2 Å². The topological polar surface area (TPSA) is 84.0 Å². The summed E-state index contributed by atoms with van der Waals surface area (Å²) in [6.45, 7) is 0.101. The van der Waals surface area contributed by atoms with Gasteiger partial charge >= 0.3 is 0 Å². The van der Waals surface area contributed by atoms with E-state index in [1.807, 2.05) is 0 Å². The lowest BCUT2D eigenvalue weighted by Gasteiger charge is -2.09. The third-order valence-corrected chi connectivity index (χ3v) is 6.07. The van der Waals surface area contributed by atoms with E-state index in [2.05, 4.69) is 9.82 Å². The van der Waals surface area contributed by atoms with Crippen LogP contribution in [0.3, 0.4) is 0 Å². The highest BCUT2D eigenvalue weighted by Gasteiger charge is 2.16. The number of nitrogens with one attached hydrogen (secondary N) is 2. The van der Waals surface area contributed by atoms with Crippen molar-refractivity contribution in [2.24, 2.45) is 0 Å². The highest BCUT2D eigenvalue weighted by atomic mass is 35.5. The molecule has 4 aromatic rings. The van der Waals surface area contributed by atoms with Gasteiger partial charge in [-0.3, -0.25) is 19.3 Å². The highest BCUT2D eigenvalue weighted by Crippen LogP contribution is 2.22. The number of anilines is 1. The molecule has 0 radical (unpaired) electrons. The molecule has 6 nitrogen and oxygen atoms in total. The molecule has 0 aliphatic rings. The monoisotopic (exact) mass is 449 g/mol. The van der Waals surface area contributed by atoms with E-state index in [0.717, 1.165) is 12.1 Å². The molecule has 0 saturated carbocycles. The first kappa shape index (κ1) is 20.1. The Balaban J connectivity index is 1.66. The Morgan fingerprint density at radius 3 is 2.53 bits per heavy atom. The van der Waals surface area contributed by atoms with Crippen molar-refractivity contribution < 1.29 is 17.2 Å². The zero-order chi connectivity index (χ0) is 21.5. The number of hydrogen-bond acceptors (Lipinski definition) is 3. The lowest BCUT2D eigenvalue weighted by molar-refractivity contribution is 0.506. The summed E-state index contributed by atoms with van der Waals surface area (Å²) in [6, 6.07) is 13.7. The number of nitrogens with zero attached hydrogens (tertiary/aromatic N) is 1. The normalized spacial score (nSPS) is 11.7. The maximum atomic E-state index is 13.4. The molecule has 3 aromatic carbocycles. The van der Waals surface area contributed by atoms with Crippen LogP contribution >= 0.6 is 11.6 Å². The first-order valence-electron chi connectivity index (χ1n) is 8.68. The number of H-pyrrole nitrogens is 1. The quantitative estimate of drug-likeness (QED) is 0.481. The first-order chi connectivity index (χ1) is 14.2. The molecule has 0 spiro atoms. The van der Waals surface area contributed by atoms with Crippen LogP contribution in [0.2, 0.25) is 5.02 Å². The first-order valence-corrected chi connectivity index (χ1v) is 10.5. The van der Waals surface area contributed by atoms with Gasteiger partial charge in [0.05, 0.1) is 22.3 Å². The average Bonchev–Trinajstić information content (AvgIpc) is 2.99. The predicted molar refractivity (Wildman–Crippen MR) is 110 cm³/mol. The van der Waals surface area contributed by atoms with Crippen LogP contribution in [0.5, 0.6) is 0 Å². The molecular formula is C20H14ClF2N3O3S. The van der Waals surface area contributed by atoms with E-state index in [1.165, 1.54) is 41.1 Å². The Kier molecular flexibility index (Phi) is 5.08. The number of sulfonamides is 1. The number of aromatic nitrogens is 2. The molecule has 1 heterocycles. The van der Waals surface area contributed by atoms with Gasteiger partial charge in [-0.15, -0.1) is 0 Å². The van der Waals surface area contributed by atoms with Gasteiger partial charge in [-0.25, -0.2) is 17.2 Å². The van der Waals surface area contributed by atoms with Crippen LogP contribution in [-0.2, 0) is 16.6 Å². The average molecular weight is 450 g/mol. The summed E-state index contributed by atoms with van der Waals surface area (Å²) in [6.07, 6.45) is 0. The maximum Gasteiger partial charge on any atom is 0.272 e. The van der Waals surface area contributed by atoms with E-state index >= 15 is 0 Å². The molecule has 0 amide bonds. The van der Waals surface area contributed by atoms with Gasteiger partial charge in [0, 0.05) is 10.7 Å². The van der Waals surface area contributed by atoms with Crippen molar-refractivity contribution >= 4 is 38.2 Å². The third kappa shape index (κ3) is 3.94. The molecule has 0 aliphatic carbocycles. The second-order valence-corrected chi connectivity index (χ2v) is 8.69. The van der Waals surface area contributed by atoms with E-state index in [1.54, 1.807) is 12.1 Å². The lowest BCUT2D eigenvalue weighted by Crippen LogP contribution is -2.13. The summed E-state index contributed by atoms with van der Waals surface area (Å²) < 4.78 is 55.6.